The summed E-state index contributed by atoms with van der Waals surface area (Å²) in [6, 6.07) is 9.63. The number of amides is 1. The van der Waals surface area contributed by atoms with Gasteiger partial charge >= 0.3 is 6.18 Å². The molecule has 1 saturated heterocycles. The molecule has 0 bridgehead atoms. The van der Waals surface area contributed by atoms with Gasteiger partial charge in [-0.15, -0.1) is 0 Å². The van der Waals surface area contributed by atoms with Gasteiger partial charge in [0.25, 0.3) is 5.91 Å². The largest absolute Gasteiger partial charge is 0.416 e. The van der Waals surface area contributed by atoms with Crippen LogP contribution in [0.15, 0.2) is 42.5 Å². The maximum absolute atomic E-state index is 13.2. The molecule has 27 heavy (non-hydrogen) atoms. The number of likely N-dealkylation sites (N-methyl/N-ethyl adjacent to an activating group) is 1. The fraction of sp³-hybridized carbons (Fsp3) is 0.316. The van der Waals surface area contributed by atoms with Gasteiger partial charge in [0.15, 0.2) is 0 Å². The van der Waals surface area contributed by atoms with Crippen molar-refractivity contribution >= 4 is 28.9 Å². The summed E-state index contributed by atoms with van der Waals surface area (Å²) in [7, 11) is 1.99. The number of rotatable bonds is 3. The first-order valence-corrected chi connectivity index (χ1v) is 8.83. The second kappa shape index (κ2) is 7.78. The highest BCUT2D eigenvalue weighted by atomic mass is 35.5. The number of anilines is 2. The van der Waals surface area contributed by atoms with Gasteiger partial charge in [0.1, 0.15) is 0 Å². The molecule has 0 saturated carbocycles. The Morgan fingerprint density at radius 2 is 1.67 bits per heavy atom. The average Bonchev–Trinajstić information content (AvgIpc) is 2.62. The van der Waals surface area contributed by atoms with E-state index in [0.29, 0.717) is 29.4 Å². The van der Waals surface area contributed by atoms with Crippen molar-refractivity contribution in [1.82, 2.24) is 4.90 Å². The van der Waals surface area contributed by atoms with E-state index in [1.165, 1.54) is 18.2 Å². The van der Waals surface area contributed by atoms with Crippen molar-refractivity contribution in [2.24, 2.45) is 0 Å². The average molecular weight is 398 g/mol. The highest BCUT2D eigenvalue weighted by molar-refractivity contribution is 6.30. The van der Waals surface area contributed by atoms with Crippen molar-refractivity contribution in [3.8, 4) is 0 Å². The van der Waals surface area contributed by atoms with Crippen LogP contribution in [0.2, 0.25) is 5.02 Å². The molecule has 1 heterocycles. The van der Waals surface area contributed by atoms with Crippen LogP contribution in [0.25, 0.3) is 0 Å². The number of carbonyl (C=O) groups is 1. The Labute approximate surface area is 160 Å². The van der Waals surface area contributed by atoms with Gasteiger partial charge in [-0.3, -0.25) is 4.79 Å². The summed E-state index contributed by atoms with van der Waals surface area (Å²) in [5.41, 5.74) is 0.251. The molecule has 2 aromatic carbocycles. The van der Waals surface area contributed by atoms with Crippen LogP contribution in [0.1, 0.15) is 15.9 Å². The highest BCUT2D eigenvalue weighted by Crippen LogP contribution is 2.36. The standard InChI is InChI=1S/C19H19ClF3N3O/c1-25-8-10-26(11-9-25)17-7-4-14(19(21,22)23)12-16(17)24-18(27)13-2-5-15(20)6-3-13/h2-7,12H,8-11H2,1H3,(H,24,27). The summed E-state index contributed by atoms with van der Waals surface area (Å²) in [6.07, 6.45) is -4.49. The minimum absolute atomic E-state index is 0.148. The summed E-state index contributed by atoms with van der Waals surface area (Å²) in [5, 5.41) is 3.11. The zero-order valence-corrected chi connectivity index (χ0v) is 15.4. The molecule has 4 nitrogen and oxygen atoms in total. The number of carbonyl (C=O) groups excluding carboxylic acids is 1. The predicted octanol–water partition coefficient (Wildman–Crippen LogP) is 4.36. The van der Waals surface area contributed by atoms with E-state index < -0.39 is 17.6 Å². The van der Waals surface area contributed by atoms with Crippen LogP contribution in [-0.4, -0.2) is 44.0 Å². The normalized spacial score (nSPS) is 15.7. The predicted molar refractivity (Wildman–Crippen MR) is 101 cm³/mol. The van der Waals surface area contributed by atoms with Crippen LogP contribution in [-0.2, 0) is 6.18 Å². The Morgan fingerprint density at radius 3 is 2.26 bits per heavy atom. The first-order chi connectivity index (χ1) is 12.7. The van der Waals surface area contributed by atoms with Gasteiger partial charge < -0.3 is 15.1 Å². The second-order valence-corrected chi connectivity index (χ2v) is 6.92. The molecule has 0 spiro atoms. The van der Waals surface area contributed by atoms with Gasteiger partial charge in [-0.25, -0.2) is 0 Å². The molecule has 8 heteroatoms. The molecule has 1 aliphatic heterocycles. The van der Waals surface area contributed by atoms with Gasteiger partial charge in [0.05, 0.1) is 16.9 Å². The second-order valence-electron chi connectivity index (χ2n) is 6.48. The minimum atomic E-state index is -4.49. The highest BCUT2D eigenvalue weighted by Gasteiger charge is 2.32. The van der Waals surface area contributed by atoms with Gasteiger partial charge in [0.2, 0.25) is 0 Å². The molecule has 1 aliphatic rings. The van der Waals surface area contributed by atoms with Gasteiger partial charge in [0, 0.05) is 36.8 Å². The smallest absolute Gasteiger partial charge is 0.367 e. The van der Waals surface area contributed by atoms with Gasteiger partial charge in [-0.05, 0) is 49.5 Å². The van der Waals surface area contributed by atoms with Crippen molar-refractivity contribution in [2.45, 2.75) is 6.18 Å². The first kappa shape index (κ1) is 19.5. The molecular weight excluding hydrogens is 379 g/mol. The number of hydrogen-bond donors (Lipinski definition) is 1. The van der Waals surface area contributed by atoms with Gasteiger partial charge in [-0.2, -0.15) is 13.2 Å². The Kier molecular flexibility index (Phi) is 5.62. The number of piperazine rings is 1. The number of alkyl halides is 3. The molecule has 0 aromatic heterocycles. The van der Waals surface area contributed by atoms with E-state index in [0.717, 1.165) is 25.2 Å². The van der Waals surface area contributed by atoms with Crippen molar-refractivity contribution in [2.75, 3.05) is 43.4 Å². The number of hydrogen-bond acceptors (Lipinski definition) is 3. The number of nitrogens with zero attached hydrogens (tertiary/aromatic N) is 2. The molecule has 2 aromatic rings. The summed E-state index contributed by atoms with van der Waals surface area (Å²) in [4.78, 5) is 16.6. The molecule has 1 N–H and O–H groups in total. The third-order valence-electron chi connectivity index (χ3n) is 4.52. The lowest BCUT2D eigenvalue weighted by molar-refractivity contribution is -0.137. The van der Waals surface area contributed by atoms with E-state index in [2.05, 4.69) is 10.2 Å². The summed E-state index contributed by atoms with van der Waals surface area (Å²) < 4.78 is 39.5. The molecular formula is C19H19ClF3N3O. The quantitative estimate of drug-likeness (QED) is 0.835. The molecule has 0 atom stereocenters. The lowest BCUT2D eigenvalue weighted by Crippen LogP contribution is -2.44. The van der Waals surface area contributed by atoms with Crippen LogP contribution in [0, 0.1) is 0 Å². The first-order valence-electron chi connectivity index (χ1n) is 8.46. The third-order valence-corrected chi connectivity index (χ3v) is 4.77. The van der Waals surface area contributed by atoms with E-state index in [4.69, 9.17) is 11.6 Å². The SMILES string of the molecule is CN1CCN(c2ccc(C(F)(F)F)cc2NC(=O)c2ccc(Cl)cc2)CC1. The Bertz CT molecular complexity index is 816. The Morgan fingerprint density at radius 1 is 1.04 bits per heavy atom. The van der Waals surface area contributed by atoms with Crippen molar-refractivity contribution < 1.29 is 18.0 Å². The zero-order valence-electron chi connectivity index (χ0n) is 14.7. The minimum Gasteiger partial charge on any atom is -0.367 e. The number of benzene rings is 2. The van der Waals surface area contributed by atoms with Crippen LogP contribution >= 0.6 is 11.6 Å². The maximum atomic E-state index is 13.2. The van der Waals surface area contributed by atoms with Crippen molar-refractivity contribution in [3.63, 3.8) is 0 Å². The monoisotopic (exact) mass is 397 g/mol. The Hall–Kier alpha value is -2.25. The molecule has 0 aliphatic carbocycles. The Balaban J connectivity index is 1.92. The van der Waals surface area contributed by atoms with E-state index in [1.807, 2.05) is 11.9 Å². The molecule has 1 fully saturated rings. The van der Waals surface area contributed by atoms with E-state index in [9.17, 15) is 18.0 Å². The third kappa shape index (κ3) is 4.73. The molecule has 1 amide bonds. The fourth-order valence-corrected chi connectivity index (χ4v) is 3.06. The molecule has 3 rings (SSSR count). The summed E-state index contributed by atoms with van der Waals surface area (Å²) in [5.74, 6) is -0.485. The number of nitrogens with one attached hydrogen (secondary N) is 1. The summed E-state index contributed by atoms with van der Waals surface area (Å²) >= 11 is 5.82. The summed E-state index contributed by atoms with van der Waals surface area (Å²) in [6.45, 7) is 2.94. The van der Waals surface area contributed by atoms with E-state index in [1.54, 1.807) is 12.1 Å². The lowest BCUT2D eigenvalue weighted by Gasteiger charge is -2.35. The van der Waals surface area contributed by atoms with Crippen LogP contribution in [0.5, 0.6) is 0 Å². The topological polar surface area (TPSA) is 35.6 Å². The fourth-order valence-electron chi connectivity index (χ4n) is 2.93. The molecule has 0 radical (unpaired) electrons. The lowest BCUT2D eigenvalue weighted by atomic mass is 10.1. The maximum Gasteiger partial charge on any atom is 0.416 e. The van der Waals surface area contributed by atoms with E-state index >= 15 is 0 Å². The van der Waals surface area contributed by atoms with Crippen LogP contribution in [0.3, 0.4) is 0 Å². The van der Waals surface area contributed by atoms with E-state index in [-0.39, 0.29) is 5.69 Å². The number of halogens is 4. The van der Waals surface area contributed by atoms with Crippen molar-refractivity contribution in [3.05, 3.63) is 58.6 Å². The van der Waals surface area contributed by atoms with Crippen LogP contribution < -0.4 is 10.2 Å². The van der Waals surface area contributed by atoms with Crippen LogP contribution in [0.4, 0.5) is 24.5 Å². The molecule has 144 valence electrons. The zero-order chi connectivity index (χ0) is 19.6. The van der Waals surface area contributed by atoms with Crippen molar-refractivity contribution in [1.29, 1.82) is 0 Å². The van der Waals surface area contributed by atoms with Gasteiger partial charge in [-0.1, -0.05) is 11.6 Å². The molecule has 0 unspecified atom stereocenters.